The molecule has 142 valence electrons. The average Bonchev–Trinajstić information content (AvgIpc) is 3.13. The molecular formula is C22H19N7. The Hall–Kier alpha value is -3.87. The summed E-state index contributed by atoms with van der Waals surface area (Å²) in [6.45, 7) is 4.62. The van der Waals surface area contributed by atoms with Gasteiger partial charge in [-0.25, -0.2) is 24.9 Å². The van der Waals surface area contributed by atoms with Gasteiger partial charge in [0.25, 0.3) is 0 Å². The Morgan fingerprint density at radius 2 is 1.69 bits per heavy atom. The summed E-state index contributed by atoms with van der Waals surface area (Å²) in [5, 5.41) is 0. The van der Waals surface area contributed by atoms with Crippen LogP contribution in [0.1, 0.15) is 16.8 Å². The Kier molecular flexibility index (Phi) is 3.94. The van der Waals surface area contributed by atoms with E-state index >= 15 is 0 Å². The van der Waals surface area contributed by atoms with Crippen molar-refractivity contribution in [2.75, 3.05) is 5.73 Å². The van der Waals surface area contributed by atoms with Crippen LogP contribution in [-0.4, -0.2) is 29.5 Å². The van der Waals surface area contributed by atoms with Gasteiger partial charge >= 0.3 is 0 Å². The van der Waals surface area contributed by atoms with Crippen LogP contribution < -0.4 is 5.73 Å². The van der Waals surface area contributed by atoms with E-state index < -0.39 is 0 Å². The van der Waals surface area contributed by atoms with E-state index in [2.05, 4.69) is 47.0 Å². The van der Waals surface area contributed by atoms with Crippen LogP contribution in [0.3, 0.4) is 0 Å². The van der Waals surface area contributed by atoms with Gasteiger partial charge in [0.05, 0.1) is 35.3 Å². The molecule has 29 heavy (non-hydrogen) atoms. The Labute approximate surface area is 167 Å². The summed E-state index contributed by atoms with van der Waals surface area (Å²) < 4.78 is 1.93. The average molecular weight is 381 g/mol. The number of rotatable bonds is 3. The van der Waals surface area contributed by atoms with Gasteiger partial charge in [0.1, 0.15) is 11.8 Å². The Morgan fingerprint density at radius 1 is 0.862 bits per heavy atom. The van der Waals surface area contributed by atoms with Crippen LogP contribution in [0.15, 0.2) is 55.1 Å². The molecule has 0 saturated heterocycles. The molecule has 3 heterocycles. The normalized spacial score (nSPS) is 11.4. The largest absolute Gasteiger partial charge is 0.382 e. The number of hydrogen-bond acceptors (Lipinski definition) is 6. The van der Waals surface area contributed by atoms with E-state index in [1.807, 2.05) is 28.8 Å². The number of aryl methyl sites for hydroxylation is 2. The first-order chi connectivity index (χ1) is 14.1. The van der Waals surface area contributed by atoms with Crippen LogP contribution in [0.4, 0.5) is 5.82 Å². The predicted molar refractivity (Wildman–Crippen MR) is 113 cm³/mol. The smallest absolute Gasteiger partial charge is 0.165 e. The zero-order valence-corrected chi connectivity index (χ0v) is 16.2. The molecule has 0 atom stereocenters. The van der Waals surface area contributed by atoms with Crippen LogP contribution in [0.2, 0.25) is 0 Å². The predicted octanol–water partition coefficient (Wildman–Crippen LogP) is 3.68. The number of anilines is 1. The molecule has 0 radical (unpaired) electrons. The maximum Gasteiger partial charge on any atom is 0.165 e. The lowest BCUT2D eigenvalue weighted by molar-refractivity contribution is 0.789. The Balaban J connectivity index is 1.74. The summed E-state index contributed by atoms with van der Waals surface area (Å²) in [6, 6.07) is 14.3. The molecule has 0 aliphatic heterocycles. The lowest BCUT2D eigenvalue weighted by Crippen LogP contribution is -2.07. The first kappa shape index (κ1) is 17.2. The van der Waals surface area contributed by atoms with E-state index in [9.17, 15) is 0 Å². The lowest BCUT2D eigenvalue weighted by Gasteiger charge is -2.13. The second-order valence-corrected chi connectivity index (χ2v) is 7.08. The molecule has 0 bridgehead atoms. The van der Waals surface area contributed by atoms with Gasteiger partial charge in [-0.1, -0.05) is 36.4 Å². The van der Waals surface area contributed by atoms with E-state index in [-0.39, 0.29) is 0 Å². The summed E-state index contributed by atoms with van der Waals surface area (Å²) in [7, 11) is 0. The van der Waals surface area contributed by atoms with Gasteiger partial charge in [-0.15, -0.1) is 0 Å². The Morgan fingerprint density at radius 3 is 2.55 bits per heavy atom. The molecular weight excluding hydrogens is 362 g/mol. The molecule has 0 amide bonds. The number of hydrogen-bond donors (Lipinski definition) is 1. The number of nitrogens with two attached hydrogens (primary N) is 1. The molecule has 5 rings (SSSR count). The minimum atomic E-state index is 0.369. The van der Waals surface area contributed by atoms with Crippen molar-refractivity contribution in [3.63, 3.8) is 0 Å². The molecule has 5 aromatic rings. The number of benzene rings is 2. The monoisotopic (exact) mass is 381 g/mol. The topological polar surface area (TPSA) is 95.4 Å². The van der Waals surface area contributed by atoms with E-state index in [4.69, 9.17) is 15.7 Å². The molecule has 0 aliphatic carbocycles. The van der Waals surface area contributed by atoms with Crippen molar-refractivity contribution in [2.45, 2.75) is 20.4 Å². The number of imidazole rings is 1. The van der Waals surface area contributed by atoms with E-state index in [1.165, 1.54) is 6.33 Å². The van der Waals surface area contributed by atoms with Crippen molar-refractivity contribution in [3.05, 3.63) is 71.9 Å². The van der Waals surface area contributed by atoms with Crippen molar-refractivity contribution in [1.29, 1.82) is 0 Å². The molecule has 0 unspecified atom stereocenters. The quantitative estimate of drug-likeness (QED) is 0.512. The van der Waals surface area contributed by atoms with Gasteiger partial charge in [0.2, 0.25) is 0 Å². The van der Waals surface area contributed by atoms with Crippen LogP contribution in [0.5, 0.6) is 0 Å². The number of aromatic nitrogens is 6. The van der Waals surface area contributed by atoms with Gasteiger partial charge in [0, 0.05) is 5.56 Å². The Bertz CT molecular complexity index is 1370. The highest BCUT2D eigenvalue weighted by molar-refractivity contribution is 5.83. The molecule has 7 heteroatoms. The summed E-state index contributed by atoms with van der Waals surface area (Å²) >= 11 is 0. The third-order valence-corrected chi connectivity index (χ3v) is 5.12. The number of nitrogen functional groups attached to an aromatic ring is 1. The van der Waals surface area contributed by atoms with Crippen molar-refractivity contribution in [3.8, 4) is 11.3 Å². The second kappa shape index (κ2) is 6.63. The summed E-state index contributed by atoms with van der Waals surface area (Å²) in [5.74, 6) is 0.369. The van der Waals surface area contributed by atoms with Crippen LogP contribution >= 0.6 is 0 Å². The molecule has 2 N–H and O–H groups in total. The van der Waals surface area contributed by atoms with Crippen LogP contribution in [0, 0.1) is 13.8 Å². The minimum Gasteiger partial charge on any atom is -0.382 e. The summed E-state index contributed by atoms with van der Waals surface area (Å²) in [4.78, 5) is 22.8. The van der Waals surface area contributed by atoms with Crippen molar-refractivity contribution in [1.82, 2.24) is 29.5 Å². The second-order valence-electron chi connectivity index (χ2n) is 7.08. The molecule has 0 saturated carbocycles. The first-order valence-electron chi connectivity index (χ1n) is 9.35. The highest BCUT2D eigenvalue weighted by atomic mass is 15.1. The number of para-hydroxylation sites is 1. The van der Waals surface area contributed by atoms with Gasteiger partial charge in [-0.3, -0.25) is 0 Å². The van der Waals surface area contributed by atoms with Gasteiger partial charge < -0.3 is 10.3 Å². The third-order valence-electron chi connectivity index (χ3n) is 5.12. The van der Waals surface area contributed by atoms with Crippen molar-refractivity contribution >= 4 is 28.0 Å². The molecule has 7 nitrogen and oxygen atoms in total. The minimum absolute atomic E-state index is 0.369. The van der Waals surface area contributed by atoms with E-state index in [0.717, 1.165) is 39.1 Å². The standard InChI is InChI=1S/C22H19N7/c1-13-6-3-4-8-15(13)19-17(27-16-9-5-7-14(2)18(16)28-19)10-29-12-26-20-21(23)24-11-25-22(20)29/h3-9,11-12H,10H2,1-2H3,(H2,23,24,25). The van der Waals surface area contributed by atoms with Gasteiger partial charge in [-0.2, -0.15) is 0 Å². The summed E-state index contributed by atoms with van der Waals surface area (Å²) in [6.07, 6.45) is 3.17. The molecule has 3 aromatic heterocycles. The van der Waals surface area contributed by atoms with E-state index in [1.54, 1.807) is 6.33 Å². The molecule has 0 fully saturated rings. The highest BCUT2D eigenvalue weighted by Gasteiger charge is 2.16. The molecule has 2 aromatic carbocycles. The molecule has 0 spiro atoms. The van der Waals surface area contributed by atoms with Crippen LogP contribution in [0.25, 0.3) is 33.5 Å². The number of nitrogens with zero attached hydrogens (tertiary/aromatic N) is 6. The fraction of sp³-hybridized carbons (Fsp3) is 0.136. The summed E-state index contributed by atoms with van der Waals surface area (Å²) in [5.41, 5.74) is 14.0. The maximum atomic E-state index is 5.94. The zero-order chi connectivity index (χ0) is 20.0. The van der Waals surface area contributed by atoms with Crippen molar-refractivity contribution < 1.29 is 0 Å². The van der Waals surface area contributed by atoms with Crippen LogP contribution in [-0.2, 0) is 6.54 Å². The van der Waals surface area contributed by atoms with Gasteiger partial charge in [-0.05, 0) is 31.0 Å². The molecule has 0 aliphatic rings. The fourth-order valence-corrected chi connectivity index (χ4v) is 3.59. The van der Waals surface area contributed by atoms with Crippen molar-refractivity contribution in [2.24, 2.45) is 0 Å². The maximum absolute atomic E-state index is 5.94. The lowest BCUT2D eigenvalue weighted by atomic mass is 10.0. The first-order valence-corrected chi connectivity index (χ1v) is 9.35. The third kappa shape index (κ3) is 2.87. The van der Waals surface area contributed by atoms with E-state index in [0.29, 0.717) is 23.5 Å². The highest BCUT2D eigenvalue weighted by Crippen LogP contribution is 2.28. The zero-order valence-electron chi connectivity index (χ0n) is 16.2. The number of fused-ring (bicyclic) bond motifs is 2. The fourth-order valence-electron chi connectivity index (χ4n) is 3.59. The SMILES string of the molecule is Cc1ccccc1-c1nc2c(C)cccc2nc1Cn1cnc2c(N)ncnc21. The van der Waals surface area contributed by atoms with Gasteiger partial charge in [0.15, 0.2) is 11.5 Å².